The molecule has 29 heavy (non-hydrogen) atoms. The lowest BCUT2D eigenvalue weighted by atomic mass is 10.1. The zero-order valence-corrected chi connectivity index (χ0v) is 17.8. The van der Waals surface area contributed by atoms with Gasteiger partial charge >= 0.3 is 0 Å². The van der Waals surface area contributed by atoms with Crippen LogP contribution in [0.5, 0.6) is 5.75 Å². The molecule has 6 heteroatoms. The van der Waals surface area contributed by atoms with Crippen molar-refractivity contribution in [3.8, 4) is 5.75 Å². The Morgan fingerprint density at radius 2 is 1.66 bits per heavy atom. The Morgan fingerprint density at radius 1 is 0.966 bits per heavy atom. The van der Waals surface area contributed by atoms with Crippen molar-refractivity contribution in [1.82, 2.24) is 16.0 Å². The Labute approximate surface area is 173 Å². The molecule has 0 aliphatic carbocycles. The molecule has 0 bridgehead atoms. The molecule has 0 radical (unpaired) electrons. The lowest BCUT2D eigenvalue weighted by Gasteiger charge is -2.12. The van der Waals surface area contributed by atoms with Crippen LogP contribution < -0.4 is 20.7 Å². The number of benzene rings is 2. The average Bonchev–Trinajstić information content (AvgIpc) is 2.73. The largest absolute Gasteiger partial charge is 0.496 e. The van der Waals surface area contributed by atoms with Gasteiger partial charge in [0.2, 0.25) is 0 Å². The Bertz CT molecular complexity index is 816. The topological polar surface area (TPSA) is 74.8 Å². The molecular weight excluding hydrogens is 364 g/mol. The Kier molecular flexibility index (Phi) is 9.02. The molecule has 0 heterocycles. The quantitative estimate of drug-likeness (QED) is 0.450. The van der Waals surface area contributed by atoms with Crippen LogP contribution in [0.15, 0.2) is 47.5 Å². The van der Waals surface area contributed by atoms with E-state index in [0.29, 0.717) is 18.7 Å². The van der Waals surface area contributed by atoms with Crippen molar-refractivity contribution in [2.45, 2.75) is 33.7 Å². The van der Waals surface area contributed by atoms with E-state index in [1.54, 1.807) is 7.11 Å². The summed E-state index contributed by atoms with van der Waals surface area (Å²) in [4.78, 5) is 16.5. The summed E-state index contributed by atoms with van der Waals surface area (Å²) in [5, 5.41) is 9.44. The van der Waals surface area contributed by atoms with Crippen LogP contribution in [-0.4, -0.2) is 38.6 Å². The first-order chi connectivity index (χ1) is 14.1. The number of guanidine groups is 1. The summed E-state index contributed by atoms with van der Waals surface area (Å²) in [7, 11) is 1.70. The number of rotatable bonds is 9. The fourth-order valence-electron chi connectivity index (χ4n) is 2.88. The summed E-state index contributed by atoms with van der Waals surface area (Å²) in [5.74, 6) is 1.64. The van der Waals surface area contributed by atoms with E-state index < -0.39 is 0 Å². The molecule has 0 fully saturated rings. The maximum Gasteiger partial charge on any atom is 0.251 e. The SMILES string of the molecule is CCNC(=O)c1ccc(CN=C(NCC)NCCc2ccc(C)c(OC)c2)cc1. The molecule has 3 N–H and O–H groups in total. The van der Waals surface area contributed by atoms with Crippen molar-refractivity contribution in [2.24, 2.45) is 4.99 Å². The molecule has 1 amide bonds. The minimum absolute atomic E-state index is 0.0507. The number of methoxy groups -OCH3 is 1. The van der Waals surface area contributed by atoms with Crippen molar-refractivity contribution >= 4 is 11.9 Å². The first-order valence-electron chi connectivity index (χ1n) is 10.1. The second-order valence-electron chi connectivity index (χ2n) is 6.73. The van der Waals surface area contributed by atoms with Crippen LogP contribution in [0, 0.1) is 6.92 Å². The first-order valence-corrected chi connectivity index (χ1v) is 10.1. The summed E-state index contributed by atoms with van der Waals surface area (Å²) >= 11 is 0. The predicted octanol–water partition coefficient (Wildman–Crippen LogP) is 3.05. The molecular formula is C23H32N4O2. The third kappa shape index (κ3) is 7.14. The summed E-state index contributed by atoms with van der Waals surface area (Å²) < 4.78 is 5.39. The Hall–Kier alpha value is -3.02. The van der Waals surface area contributed by atoms with Crippen molar-refractivity contribution in [3.63, 3.8) is 0 Å². The highest BCUT2D eigenvalue weighted by atomic mass is 16.5. The van der Waals surface area contributed by atoms with Gasteiger partial charge in [-0.05, 0) is 62.1 Å². The van der Waals surface area contributed by atoms with E-state index in [1.807, 2.05) is 45.0 Å². The van der Waals surface area contributed by atoms with Gasteiger partial charge in [0.05, 0.1) is 13.7 Å². The van der Waals surface area contributed by atoms with Gasteiger partial charge in [0.1, 0.15) is 5.75 Å². The molecule has 2 aromatic carbocycles. The number of nitrogens with one attached hydrogen (secondary N) is 3. The van der Waals surface area contributed by atoms with Crippen molar-refractivity contribution < 1.29 is 9.53 Å². The van der Waals surface area contributed by atoms with Gasteiger partial charge in [0, 0.05) is 25.2 Å². The highest BCUT2D eigenvalue weighted by Gasteiger charge is 2.04. The molecule has 0 atom stereocenters. The zero-order valence-electron chi connectivity index (χ0n) is 17.8. The predicted molar refractivity (Wildman–Crippen MR) is 119 cm³/mol. The van der Waals surface area contributed by atoms with Crippen LogP contribution in [0.3, 0.4) is 0 Å². The van der Waals surface area contributed by atoms with E-state index in [2.05, 4.69) is 39.1 Å². The number of ether oxygens (including phenoxy) is 1. The van der Waals surface area contributed by atoms with E-state index >= 15 is 0 Å². The van der Waals surface area contributed by atoms with Gasteiger partial charge in [0.15, 0.2) is 5.96 Å². The van der Waals surface area contributed by atoms with Crippen LogP contribution in [-0.2, 0) is 13.0 Å². The van der Waals surface area contributed by atoms with E-state index in [1.165, 1.54) is 5.56 Å². The fraction of sp³-hybridized carbons (Fsp3) is 0.391. The number of amides is 1. The van der Waals surface area contributed by atoms with Gasteiger partial charge < -0.3 is 20.7 Å². The summed E-state index contributed by atoms with van der Waals surface area (Å²) in [6.07, 6.45) is 0.877. The standard InChI is InChI=1S/C23H32N4O2/c1-5-24-22(28)20-11-9-19(10-12-20)16-27-23(25-6-2)26-14-13-18-8-7-17(3)21(15-18)29-4/h7-12,15H,5-6,13-14,16H2,1-4H3,(H,24,28)(H2,25,26,27). The van der Waals surface area contributed by atoms with Gasteiger partial charge in [0.25, 0.3) is 5.91 Å². The molecule has 0 saturated heterocycles. The Balaban J connectivity index is 1.91. The van der Waals surface area contributed by atoms with Crippen LogP contribution in [0.4, 0.5) is 0 Å². The summed E-state index contributed by atoms with van der Waals surface area (Å²) in [6.45, 7) is 8.73. The lowest BCUT2D eigenvalue weighted by molar-refractivity contribution is 0.0956. The molecule has 0 aliphatic rings. The van der Waals surface area contributed by atoms with Crippen molar-refractivity contribution in [1.29, 1.82) is 0 Å². The van der Waals surface area contributed by atoms with Gasteiger partial charge in [-0.3, -0.25) is 4.79 Å². The van der Waals surface area contributed by atoms with E-state index in [0.717, 1.165) is 42.3 Å². The molecule has 156 valence electrons. The lowest BCUT2D eigenvalue weighted by Crippen LogP contribution is -2.38. The monoisotopic (exact) mass is 396 g/mol. The molecule has 0 spiro atoms. The average molecular weight is 397 g/mol. The van der Waals surface area contributed by atoms with E-state index in [4.69, 9.17) is 4.74 Å². The highest BCUT2D eigenvalue weighted by Crippen LogP contribution is 2.19. The van der Waals surface area contributed by atoms with Gasteiger partial charge in [-0.1, -0.05) is 24.3 Å². The number of carbonyl (C=O) groups is 1. The van der Waals surface area contributed by atoms with E-state index in [-0.39, 0.29) is 5.91 Å². The maximum atomic E-state index is 11.8. The number of carbonyl (C=O) groups excluding carboxylic acids is 1. The molecule has 2 aromatic rings. The number of hydrogen-bond acceptors (Lipinski definition) is 3. The second-order valence-corrected chi connectivity index (χ2v) is 6.73. The number of nitrogens with zero attached hydrogens (tertiary/aromatic N) is 1. The van der Waals surface area contributed by atoms with Gasteiger partial charge in [-0.2, -0.15) is 0 Å². The third-order valence-electron chi connectivity index (χ3n) is 4.50. The summed E-state index contributed by atoms with van der Waals surface area (Å²) in [5.41, 5.74) is 4.07. The highest BCUT2D eigenvalue weighted by molar-refractivity contribution is 5.94. The number of aryl methyl sites for hydroxylation is 1. The first kappa shape index (κ1) is 22.3. The maximum absolute atomic E-state index is 11.8. The number of hydrogen-bond donors (Lipinski definition) is 3. The molecule has 0 aliphatic heterocycles. The van der Waals surface area contributed by atoms with Crippen molar-refractivity contribution in [3.05, 3.63) is 64.7 Å². The minimum atomic E-state index is -0.0507. The molecule has 2 rings (SSSR count). The fourth-order valence-corrected chi connectivity index (χ4v) is 2.88. The smallest absolute Gasteiger partial charge is 0.251 e. The van der Waals surface area contributed by atoms with Crippen molar-refractivity contribution in [2.75, 3.05) is 26.7 Å². The second kappa shape index (κ2) is 11.7. The molecule has 0 saturated carbocycles. The van der Waals surface area contributed by atoms with Crippen LogP contribution in [0.2, 0.25) is 0 Å². The van der Waals surface area contributed by atoms with Crippen LogP contribution in [0.1, 0.15) is 40.9 Å². The zero-order chi connectivity index (χ0) is 21.1. The van der Waals surface area contributed by atoms with Gasteiger partial charge in [-0.15, -0.1) is 0 Å². The molecule has 0 unspecified atom stereocenters. The minimum Gasteiger partial charge on any atom is -0.496 e. The van der Waals surface area contributed by atoms with E-state index in [9.17, 15) is 4.79 Å². The molecule has 0 aromatic heterocycles. The third-order valence-corrected chi connectivity index (χ3v) is 4.50. The normalized spacial score (nSPS) is 11.1. The van der Waals surface area contributed by atoms with Gasteiger partial charge in [-0.25, -0.2) is 4.99 Å². The molecule has 6 nitrogen and oxygen atoms in total. The number of aliphatic imine (C=N–C) groups is 1. The summed E-state index contributed by atoms with van der Waals surface area (Å²) in [6, 6.07) is 13.8. The van der Waals surface area contributed by atoms with Crippen LogP contribution in [0.25, 0.3) is 0 Å². The Morgan fingerprint density at radius 3 is 2.31 bits per heavy atom. The van der Waals surface area contributed by atoms with Crippen LogP contribution >= 0.6 is 0 Å².